The lowest BCUT2D eigenvalue weighted by Gasteiger charge is -2.28. The Balaban J connectivity index is 1.10. The van der Waals surface area contributed by atoms with Crippen molar-refractivity contribution in [2.45, 2.75) is 37.8 Å². The number of nitrogens with zero attached hydrogens (tertiary/aromatic N) is 2. The minimum atomic E-state index is -0.230. The summed E-state index contributed by atoms with van der Waals surface area (Å²) >= 11 is 6.55. The van der Waals surface area contributed by atoms with E-state index in [4.69, 9.17) is 21.1 Å². The highest BCUT2D eigenvalue weighted by molar-refractivity contribution is 6.32. The highest BCUT2D eigenvalue weighted by Gasteiger charge is 2.31. The van der Waals surface area contributed by atoms with E-state index < -0.39 is 0 Å². The van der Waals surface area contributed by atoms with Crippen LogP contribution < -0.4 is 15.0 Å². The van der Waals surface area contributed by atoms with Gasteiger partial charge in [-0.3, -0.25) is 4.79 Å². The molecule has 3 aliphatic heterocycles. The van der Waals surface area contributed by atoms with E-state index in [2.05, 4.69) is 21.2 Å². The van der Waals surface area contributed by atoms with Crippen molar-refractivity contribution in [2.75, 3.05) is 50.8 Å². The number of benzene rings is 3. The standard InChI is InChI=1S/C31H35ClFN3O3/c32-29-14-21(3-8-30(29)39-28-19-38-20-28)13-26(18-35-10-1-2-11-35)34-31(37)24-9-12-36(17-24)27-7-5-22-15-25(33)6-4-23(22)16-27/h3-8,14-16,24,26,28H,1-2,9-13,17-20H2,(H,34,37). The molecule has 39 heavy (non-hydrogen) atoms. The minimum Gasteiger partial charge on any atom is -0.484 e. The smallest absolute Gasteiger partial charge is 0.225 e. The predicted molar refractivity (Wildman–Crippen MR) is 152 cm³/mol. The van der Waals surface area contributed by atoms with Crippen LogP contribution in [-0.4, -0.2) is 68.9 Å². The van der Waals surface area contributed by atoms with Crippen molar-refractivity contribution >= 4 is 34.0 Å². The zero-order chi connectivity index (χ0) is 26.8. The van der Waals surface area contributed by atoms with E-state index in [-0.39, 0.29) is 29.8 Å². The van der Waals surface area contributed by atoms with Crippen LogP contribution in [0.1, 0.15) is 24.8 Å². The Labute approximate surface area is 234 Å². The summed E-state index contributed by atoms with van der Waals surface area (Å²) in [4.78, 5) is 18.2. The number of amides is 1. The Morgan fingerprint density at radius 3 is 2.62 bits per heavy atom. The quantitative estimate of drug-likeness (QED) is 0.403. The highest BCUT2D eigenvalue weighted by Crippen LogP contribution is 2.30. The number of hydrogen-bond donors (Lipinski definition) is 1. The molecule has 2 atom stereocenters. The van der Waals surface area contributed by atoms with E-state index in [1.54, 1.807) is 6.07 Å². The van der Waals surface area contributed by atoms with Gasteiger partial charge in [0, 0.05) is 31.4 Å². The van der Waals surface area contributed by atoms with Gasteiger partial charge in [-0.2, -0.15) is 0 Å². The van der Waals surface area contributed by atoms with Gasteiger partial charge in [-0.15, -0.1) is 0 Å². The summed E-state index contributed by atoms with van der Waals surface area (Å²) in [5, 5.41) is 5.87. The van der Waals surface area contributed by atoms with Crippen LogP contribution >= 0.6 is 11.6 Å². The Morgan fingerprint density at radius 2 is 1.85 bits per heavy atom. The second-order valence-corrected chi connectivity index (χ2v) is 11.5. The molecule has 3 saturated heterocycles. The first-order valence-corrected chi connectivity index (χ1v) is 14.4. The Morgan fingerprint density at radius 1 is 1.05 bits per heavy atom. The van der Waals surface area contributed by atoms with Crippen LogP contribution in [0, 0.1) is 11.7 Å². The summed E-state index contributed by atoms with van der Waals surface area (Å²) in [6, 6.07) is 16.9. The maximum atomic E-state index is 13.6. The lowest BCUT2D eigenvalue weighted by Crippen LogP contribution is -2.46. The minimum absolute atomic E-state index is 0.00285. The van der Waals surface area contributed by atoms with Crippen molar-refractivity contribution in [2.24, 2.45) is 5.92 Å². The fraction of sp³-hybridized carbons (Fsp3) is 0.452. The van der Waals surface area contributed by atoms with E-state index in [0.29, 0.717) is 37.0 Å². The predicted octanol–water partition coefficient (Wildman–Crippen LogP) is 5.06. The fourth-order valence-electron chi connectivity index (χ4n) is 5.88. The number of nitrogens with one attached hydrogen (secondary N) is 1. The third kappa shape index (κ3) is 6.32. The molecule has 0 aromatic heterocycles. The fourth-order valence-corrected chi connectivity index (χ4v) is 6.13. The van der Waals surface area contributed by atoms with Gasteiger partial charge in [-0.25, -0.2) is 4.39 Å². The second-order valence-electron chi connectivity index (χ2n) is 11.1. The van der Waals surface area contributed by atoms with Gasteiger partial charge >= 0.3 is 0 Å². The maximum Gasteiger partial charge on any atom is 0.225 e. The SMILES string of the molecule is O=C(NC(Cc1ccc(OC2COC2)c(Cl)c1)CN1CCCC1)C1CCN(c2ccc3cc(F)ccc3c2)C1. The molecule has 3 heterocycles. The van der Waals surface area contributed by atoms with Crippen LogP contribution in [0.4, 0.5) is 10.1 Å². The van der Waals surface area contributed by atoms with Gasteiger partial charge in [0.05, 0.1) is 24.2 Å². The molecular weight excluding hydrogens is 517 g/mol. The molecule has 3 aliphatic rings. The Hall–Kier alpha value is -2.87. The molecule has 1 N–H and O–H groups in total. The lowest BCUT2D eigenvalue weighted by atomic mass is 10.0. The second kappa shape index (κ2) is 11.7. The first-order chi connectivity index (χ1) is 19.0. The molecule has 206 valence electrons. The number of fused-ring (bicyclic) bond motifs is 1. The van der Waals surface area contributed by atoms with Crippen LogP contribution in [0.15, 0.2) is 54.6 Å². The van der Waals surface area contributed by atoms with Crippen molar-refractivity contribution in [1.82, 2.24) is 10.2 Å². The molecule has 8 heteroatoms. The van der Waals surface area contributed by atoms with E-state index in [1.807, 2.05) is 36.4 Å². The zero-order valence-corrected chi connectivity index (χ0v) is 22.8. The highest BCUT2D eigenvalue weighted by atomic mass is 35.5. The van der Waals surface area contributed by atoms with Crippen molar-refractivity contribution in [3.05, 3.63) is 71.0 Å². The van der Waals surface area contributed by atoms with Gasteiger partial charge < -0.3 is 24.6 Å². The summed E-state index contributed by atoms with van der Waals surface area (Å²) in [7, 11) is 0. The van der Waals surface area contributed by atoms with E-state index >= 15 is 0 Å². The molecular formula is C31H35ClFN3O3. The molecule has 0 bridgehead atoms. The largest absolute Gasteiger partial charge is 0.484 e. The molecule has 6 nitrogen and oxygen atoms in total. The van der Waals surface area contributed by atoms with Gasteiger partial charge in [0.25, 0.3) is 0 Å². The number of rotatable bonds is 9. The number of hydrogen-bond acceptors (Lipinski definition) is 5. The number of carbonyl (C=O) groups excluding carboxylic acids is 1. The van der Waals surface area contributed by atoms with Gasteiger partial charge in [0.1, 0.15) is 17.7 Å². The lowest BCUT2D eigenvalue weighted by molar-refractivity contribution is -0.125. The first kappa shape index (κ1) is 26.4. The molecule has 6 rings (SSSR count). The first-order valence-electron chi connectivity index (χ1n) is 14.0. The van der Waals surface area contributed by atoms with Crippen molar-refractivity contribution in [3.8, 4) is 5.75 Å². The Bertz CT molecular complexity index is 1330. The maximum absolute atomic E-state index is 13.6. The van der Waals surface area contributed by atoms with Crippen molar-refractivity contribution in [1.29, 1.82) is 0 Å². The number of halogens is 2. The number of carbonyl (C=O) groups is 1. The number of ether oxygens (including phenoxy) is 2. The molecule has 3 aromatic carbocycles. The van der Waals surface area contributed by atoms with E-state index in [0.717, 1.165) is 54.6 Å². The van der Waals surface area contributed by atoms with Gasteiger partial charge in [0.2, 0.25) is 5.91 Å². The summed E-state index contributed by atoms with van der Waals surface area (Å²) in [6.45, 7) is 5.68. The normalized spacial score (nSPS) is 20.8. The van der Waals surface area contributed by atoms with Gasteiger partial charge in [-0.05, 0) is 91.5 Å². The summed E-state index contributed by atoms with van der Waals surface area (Å²) in [6.07, 6.45) is 4.01. The molecule has 2 unspecified atom stereocenters. The van der Waals surface area contributed by atoms with Crippen LogP contribution in [0.2, 0.25) is 5.02 Å². The van der Waals surface area contributed by atoms with Crippen LogP contribution in [0.3, 0.4) is 0 Å². The Kier molecular flexibility index (Phi) is 7.91. The summed E-state index contributed by atoms with van der Waals surface area (Å²) < 4.78 is 24.7. The van der Waals surface area contributed by atoms with Crippen molar-refractivity contribution in [3.63, 3.8) is 0 Å². The average Bonchev–Trinajstić information content (AvgIpc) is 3.59. The number of anilines is 1. The average molecular weight is 552 g/mol. The van der Waals surface area contributed by atoms with Crippen LogP contribution in [-0.2, 0) is 16.0 Å². The molecule has 0 spiro atoms. The molecule has 3 fully saturated rings. The molecule has 0 saturated carbocycles. The van der Waals surface area contributed by atoms with E-state index in [9.17, 15) is 9.18 Å². The molecule has 0 radical (unpaired) electrons. The zero-order valence-electron chi connectivity index (χ0n) is 22.1. The van der Waals surface area contributed by atoms with Crippen LogP contribution in [0.5, 0.6) is 5.75 Å². The molecule has 0 aliphatic carbocycles. The van der Waals surface area contributed by atoms with Crippen LogP contribution in [0.25, 0.3) is 10.8 Å². The third-order valence-electron chi connectivity index (χ3n) is 8.11. The molecule has 3 aromatic rings. The summed E-state index contributed by atoms with van der Waals surface area (Å²) in [5.74, 6) is 0.491. The van der Waals surface area contributed by atoms with Crippen molar-refractivity contribution < 1.29 is 18.7 Å². The van der Waals surface area contributed by atoms with Gasteiger partial charge in [-0.1, -0.05) is 29.8 Å². The monoisotopic (exact) mass is 551 g/mol. The summed E-state index contributed by atoms with van der Waals surface area (Å²) in [5.41, 5.74) is 2.16. The number of likely N-dealkylation sites (tertiary alicyclic amines) is 1. The van der Waals surface area contributed by atoms with Gasteiger partial charge in [0.15, 0.2) is 0 Å². The topological polar surface area (TPSA) is 54.0 Å². The molecule has 1 amide bonds. The third-order valence-corrected chi connectivity index (χ3v) is 8.41. The van der Waals surface area contributed by atoms with E-state index in [1.165, 1.54) is 18.9 Å².